The maximum atomic E-state index is 12.8. The van der Waals surface area contributed by atoms with Gasteiger partial charge in [0.15, 0.2) is 0 Å². The van der Waals surface area contributed by atoms with E-state index in [0.29, 0.717) is 0 Å². The first-order chi connectivity index (χ1) is 9.11. The van der Waals surface area contributed by atoms with E-state index in [-0.39, 0.29) is 16.7 Å². The van der Waals surface area contributed by atoms with Crippen LogP contribution in [-0.2, 0) is 6.18 Å². The van der Waals surface area contributed by atoms with Gasteiger partial charge in [-0.05, 0) is 25.1 Å². The molecule has 0 aromatic heterocycles. The van der Waals surface area contributed by atoms with Gasteiger partial charge in [0, 0.05) is 16.7 Å². The summed E-state index contributed by atoms with van der Waals surface area (Å²) < 4.78 is 38.4. The first kappa shape index (κ1) is 16.5. The van der Waals surface area contributed by atoms with Crippen molar-refractivity contribution in [2.45, 2.75) is 18.7 Å². The molecule has 0 saturated heterocycles. The molecule has 0 radical (unpaired) electrons. The molecule has 3 nitrogen and oxygen atoms in total. The maximum Gasteiger partial charge on any atom is 0.417 e. The van der Waals surface area contributed by atoms with E-state index in [1.807, 2.05) is 0 Å². The summed E-state index contributed by atoms with van der Waals surface area (Å²) in [7, 11) is 0. The molecule has 1 aromatic carbocycles. The van der Waals surface area contributed by atoms with Crippen LogP contribution in [0.3, 0.4) is 0 Å². The molecule has 0 bridgehead atoms. The molecule has 1 rings (SSSR count). The predicted molar refractivity (Wildman–Crippen MR) is 73.3 cm³/mol. The molecule has 20 heavy (non-hydrogen) atoms. The fourth-order valence-corrected chi connectivity index (χ4v) is 1.68. The minimum absolute atomic E-state index is 0.0996. The molecule has 108 valence electrons. The summed E-state index contributed by atoms with van der Waals surface area (Å²) in [5, 5.41) is 21.4. The van der Waals surface area contributed by atoms with Gasteiger partial charge in [-0.3, -0.25) is 0 Å². The molecule has 0 aliphatic carbocycles. The van der Waals surface area contributed by atoms with Gasteiger partial charge < -0.3 is 10.4 Å². The minimum atomic E-state index is -4.62. The molecule has 0 amide bonds. The third-order valence-electron chi connectivity index (χ3n) is 2.65. The van der Waals surface area contributed by atoms with Crippen LogP contribution in [0.4, 0.5) is 18.9 Å². The molecular formula is C13H12BrF3N2O. The van der Waals surface area contributed by atoms with Gasteiger partial charge in [0.1, 0.15) is 5.60 Å². The molecular weight excluding hydrogens is 337 g/mol. The van der Waals surface area contributed by atoms with E-state index in [4.69, 9.17) is 5.26 Å². The lowest BCUT2D eigenvalue weighted by Crippen LogP contribution is -2.32. The van der Waals surface area contributed by atoms with Gasteiger partial charge in [-0.1, -0.05) is 22.5 Å². The quantitative estimate of drug-likeness (QED) is 0.816. The summed E-state index contributed by atoms with van der Waals surface area (Å²) in [5.41, 5.74) is -2.56. The molecule has 7 heteroatoms. The van der Waals surface area contributed by atoms with Crippen molar-refractivity contribution < 1.29 is 18.3 Å². The van der Waals surface area contributed by atoms with E-state index in [1.165, 1.54) is 19.1 Å². The van der Waals surface area contributed by atoms with Crippen LogP contribution in [0.15, 0.2) is 30.5 Å². The Morgan fingerprint density at radius 1 is 1.50 bits per heavy atom. The Morgan fingerprint density at radius 2 is 2.10 bits per heavy atom. The van der Waals surface area contributed by atoms with Gasteiger partial charge >= 0.3 is 6.18 Å². The Balaban J connectivity index is 3.12. The number of halogens is 4. The average molecular weight is 349 g/mol. The van der Waals surface area contributed by atoms with Crippen molar-refractivity contribution in [3.8, 4) is 6.07 Å². The Kier molecular flexibility index (Phi) is 4.84. The third-order valence-corrected chi connectivity index (χ3v) is 3.74. The van der Waals surface area contributed by atoms with E-state index >= 15 is 0 Å². The average Bonchev–Trinajstić information content (AvgIpc) is 2.37. The van der Waals surface area contributed by atoms with Gasteiger partial charge in [0.05, 0.1) is 17.2 Å². The van der Waals surface area contributed by atoms with Crippen LogP contribution in [0.25, 0.3) is 0 Å². The van der Waals surface area contributed by atoms with E-state index in [2.05, 4.69) is 27.8 Å². The minimum Gasteiger partial charge on any atom is -0.383 e. The summed E-state index contributed by atoms with van der Waals surface area (Å²) in [5.74, 6) is 0. The van der Waals surface area contributed by atoms with Crippen LogP contribution in [0.2, 0.25) is 0 Å². The van der Waals surface area contributed by atoms with Gasteiger partial charge in [-0.2, -0.15) is 18.4 Å². The van der Waals surface area contributed by atoms with Crippen LogP contribution in [-0.4, -0.2) is 16.0 Å². The zero-order chi connectivity index (χ0) is 15.6. The summed E-state index contributed by atoms with van der Waals surface area (Å²) in [6.45, 7) is 5.05. The van der Waals surface area contributed by atoms with E-state index in [0.717, 1.165) is 12.1 Å². The lowest BCUT2D eigenvalue weighted by Gasteiger charge is -2.24. The molecule has 2 N–H and O–H groups in total. The monoisotopic (exact) mass is 348 g/mol. The Labute approximate surface area is 122 Å². The lowest BCUT2D eigenvalue weighted by atomic mass is 10.0. The lowest BCUT2D eigenvalue weighted by molar-refractivity contribution is -0.137. The molecule has 0 heterocycles. The second-order valence-corrected chi connectivity index (χ2v) is 4.94. The number of hydrogen-bond donors (Lipinski definition) is 2. The smallest absolute Gasteiger partial charge is 0.383 e. The molecule has 0 spiro atoms. The van der Waals surface area contributed by atoms with Crippen LogP contribution in [0.1, 0.15) is 18.1 Å². The zero-order valence-electron chi connectivity index (χ0n) is 10.6. The van der Waals surface area contributed by atoms with E-state index in [9.17, 15) is 18.3 Å². The number of anilines is 1. The standard InChI is InChI=1S/C13H12BrF3N2O/c1-8(12(2,20)7-14)19-10-4-3-9(6-18)11(5-10)13(15,16)17/h3-5,19-20H,1,7H2,2H3/t12-/m1/s1. The van der Waals surface area contributed by atoms with Gasteiger partial charge in [-0.15, -0.1) is 0 Å². The number of hydrogen-bond acceptors (Lipinski definition) is 3. The van der Waals surface area contributed by atoms with Gasteiger partial charge in [-0.25, -0.2) is 0 Å². The highest BCUT2D eigenvalue weighted by atomic mass is 79.9. The highest BCUT2D eigenvalue weighted by Crippen LogP contribution is 2.34. The molecule has 0 aliphatic heterocycles. The molecule has 0 saturated carbocycles. The van der Waals surface area contributed by atoms with Crippen molar-refractivity contribution in [3.05, 3.63) is 41.6 Å². The SMILES string of the molecule is C=C(Nc1ccc(C#N)c(C(F)(F)F)c1)[C@](C)(O)CBr. The highest BCUT2D eigenvalue weighted by molar-refractivity contribution is 9.09. The highest BCUT2D eigenvalue weighted by Gasteiger charge is 2.34. The molecule has 0 unspecified atom stereocenters. The Bertz CT molecular complexity index is 562. The van der Waals surface area contributed by atoms with Gasteiger partial charge in [0.2, 0.25) is 0 Å². The second-order valence-electron chi connectivity index (χ2n) is 4.38. The maximum absolute atomic E-state index is 12.8. The number of aliphatic hydroxyl groups is 1. The van der Waals surface area contributed by atoms with Crippen molar-refractivity contribution >= 4 is 21.6 Å². The van der Waals surface area contributed by atoms with Crippen molar-refractivity contribution in [2.24, 2.45) is 0 Å². The summed E-state index contributed by atoms with van der Waals surface area (Å²) >= 11 is 3.08. The van der Waals surface area contributed by atoms with Gasteiger partial charge in [0.25, 0.3) is 0 Å². The molecule has 1 aromatic rings. The first-order valence-corrected chi connectivity index (χ1v) is 6.60. The Hall–Kier alpha value is -1.52. The predicted octanol–water partition coefficient (Wildman–Crippen LogP) is 3.65. The normalized spacial score (nSPS) is 14.2. The van der Waals surface area contributed by atoms with Crippen LogP contribution in [0, 0.1) is 11.3 Å². The number of rotatable bonds is 4. The van der Waals surface area contributed by atoms with Crippen molar-refractivity contribution in [1.29, 1.82) is 5.26 Å². The molecule has 1 atom stereocenters. The fraction of sp³-hybridized carbons (Fsp3) is 0.308. The zero-order valence-corrected chi connectivity index (χ0v) is 12.1. The topological polar surface area (TPSA) is 56.0 Å². The number of benzene rings is 1. The second kappa shape index (κ2) is 5.85. The third kappa shape index (κ3) is 3.74. The van der Waals surface area contributed by atoms with Crippen LogP contribution in [0.5, 0.6) is 0 Å². The van der Waals surface area contributed by atoms with Crippen molar-refractivity contribution in [1.82, 2.24) is 0 Å². The van der Waals surface area contributed by atoms with E-state index < -0.39 is 22.9 Å². The molecule has 0 fully saturated rings. The summed E-state index contributed by atoms with van der Waals surface area (Å²) in [6, 6.07) is 4.70. The number of nitrogens with zero attached hydrogens (tertiary/aromatic N) is 1. The Morgan fingerprint density at radius 3 is 2.55 bits per heavy atom. The van der Waals surface area contributed by atoms with Crippen LogP contribution >= 0.6 is 15.9 Å². The van der Waals surface area contributed by atoms with E-state index in [1.54, 1.807) is 0 Å². The largest absolute Gasteiger partial charge is 0.417 e. The number of alkyl halides is 4. The fourth-order valence-electron chi connectivity index (χ4n) is 1.34. The van der Waals surface area contributed by atoms with Crippen LogP contribution < -0.4 is 5.32 Å². The first-order valence-electron chi connectivity index (χ1n) is 5.48. The summed E-state index contributed by atoms with van der Waals surface area (Å²) in [6.07, 6.45) is -4.62. The number of nitrogens with one attached hydrogen (secondary N) is 1. The molecule has 0 aliphatic rings. The van der Waals surface area contributed by atoms with Crippen molar-refractivity contribution in [3.63, 3.8) is 0 Å². The number of nitriles is 1. The van der Waals surface area contributed by atoms with Crippen molar-refractivity contribution in [2.75, 3.05) is 10.6 Å². The summed E-state index contributed by atoms with van der Waals surface area (Å²) in [4.78, 5) is 0.